The highest BCUT2D eigenvalue weighted by molar-refractivity contribution is 7.89. The minimum absolute atomic E-state index is 0.0709. The zero-order valence-corrected chi connectivity index (χ0v) is 13.0. The molecule has 1 saturated heterocycles. The van der Waals surface area contributed by atoms with Crippen molar-refractivity contribution in [2.75, 3.05) is 6.61 Å². The number of hydrogen-bond acceptors (Lipinski definition) is 4. The first-order chi connectivity index (χ1) is 10.0. The van der Waals surface area contributed by atoms with Gasteiger partial charge in [-0.15, -0.1) is 0 Å². The molecule has 21 heavy (non-hydrogen) atoms. The van der Waals surface area contributed by atoms with E-state index in [4.69, 9.17) is 10.5 Å². The lowest BCUT2D eigenvalue weighted by atomic mass is 9.69. The maximum absolute atomic E-state index is 12.4. The molecular formula is C15H22N2O3S. The van der Waals surface area contributed by atoms with E-state index < -0.39 is 10.0 Å². The van der Waals surface area contributed by atoms with Crippen LogP contribution in [-0.2, 0) is 21.2 Å². The maximum atomic E-state index is 12.4. The van der Waals surface area contributed by atoms with Crippen molar-refractivity contribution in [3.05, 3.63) is 29.8 Å². The lowest BCUT2D eigenvalue weighted by Crippen LogP contribution is -2.71. The molecule has 6 heteroatoms. The third-order valence-electron chi connectivity index (χ3n) is 4.61. The molecule has 0 radical (unpaired) electrons. The molecule has 1 saturated carbocycles. The van der Waals surface area contributed by atoms with E-state index in [9.17, 15) is 8.42 Å². The molecule has 4 unspecified atom stereocenters. The highest BCUT2D eigenvalue weighted by Crippen LogP contribution is 2.37. The summed E-state index contributed by atoms with van der Waals surface area (Å²) in [5.41, 5.74) is 7.22. The molecule has 116 valence electrons. The fourth-order valence-corrected chi connectivity index (χ4v) is 4.52. The minimum Gasteiger partial charge on any atom is -0.376 e. The Morgan fingerprint density at radius 1 is 1.33 bits per heavy atom. The SMILES string of the molecule is CCc1ccc(S(=O)(=O)NC2C(N)C3CCCOC32)cc1. The number of benzene rings is 1. The van der Waals surface area contributed by atoms with Crippen molar-refractivity contribution in [2.24, 2.45) is 11.7 Å². The number of ether oxygens (including phenoxy) is 1. The maximum Gasteiger partial charge on any atom is 0.240 e. The van der Waals surface area contributed by atoms with Crippen LogP contribution < -0.4 is 10.5 Å². The Balaban J connectivity index is 1.73. The number of nitrogens with two attached hydrogens (primary N) is 1. The van der Waals surface area contributed by atoms with Gasteiger partial charge in [-0.3, -0.25) is 0 Å². The van der Waals surface area contributed by atoms with Gasteiger partial charge >= 0.3 is 0 Å². The molecule has 0 spiro atoms. The quantitative estimate of drug-likeness (QED) is 0.870. The second kappa shape index (κ2) is 5.68. The largest absolute Gasteiger partial charge is 0.376 e. The van der Waals surface area contributed by atoms with Crippen molar-refractivity contribution in [1.82, 2.24) is 4.72 Å². The van der Waals surface area contributed by atoms with Crippen LogP contribution in [0.25, 0.3) is 0 Å². The van der Waals surface area contributed by atoms with Crippen LogP contribution >= 0.6 is 0 Å². The van der Waals surface area contributed by atoms with Crippen LogP contribution in [0.4, 0.5) is 0 Å². The standard InChI is InChI=1S/C15H22N2O3S/c1-2-10-5-7-11(8-6-10)21(18,19)17-14-13(16)12-4-3-9-20-15(12)14/h5-8,12-15,17H,2-4,9,16H2,1H3. The van der Waals surface area contributed by atoms with E-state index in [1.165, 1.54) is 0 Å². The Hall–Kier alpha value is -0.950. The van der Waals surface area contributed by atoms with Crippen molar-refractivity contribution in [3.8, 4) is 0 Å². The molecule has 2 aliphatic rings. The molecule has 3 rings (SSSR count). The van der Waals surface area contributed by atoms with Crippen LogP contribution in [0, 0.1) is 5.92 Å². The summed E-state index contributed by atoms with van der Waals surface area (Å²) in [6.07, 6.45) is 2.85. The van der Waals surface area contributed by atoms with Gasteiger partial charge in [-0.2, -0.15) is 0 Å². The predicted molar refractivity (Wildman–Crippen MR) is 80.4 cm³/mol. The van der Waals surface area contributed by atoms with Crippen LogP contribution in [0.5, 0.6) is 0 Å². The van der Waals surface area contributed by atoms with Gasteiger partial charge in [0.05, 0.1) is 17.0 Å². The van der Waals surface area contributed by atoms with Gasteiger partial charge in [0.2, 0.25) is 10.0 Å². The summed E-state index contributed by atoms with van der Waals surface area (Å²) >= 11 is 0. The summed E-state index contributed by atoms with van der Waals surface area (Å²) in [5.74, 6) is 0.286. The summed E-state index contributed by atoms with van der Waals surface area (Å²) in [4.78, 5) is 0.283. The molecule has 0 bridgehead atoms. The van der Waals surface area contributed by atoms with Crippen molar-refractivity contribution >= 4 is 10.0 Å². The van der Waals surface area contributed by atoms with Crippen LogP contribution in [0.2, 0.25) is 0 Å². The van der Waals surface area contributed by atoms with E-state index in [1.54, 1.807) is 12.1 Å². The topological polar surface area (TPSA) is 81.4 Å². The third kappa shape index (κ3) is 2.73. The molecule has 0 aromatic heterocycles. The lowest BCUT2D eigenvalue weighted by Gasteiger charge is -2.52. The summed E-state index contributed by atoms with van der Waals surface area (Å²) in [5, 5.41) is 0. The Morgan fingerprint density at radius 2 is 2.05 bits per heavy atom. The number of aryl methyl sites for hydroxylation is 1. The summed E-state index contributed by atoms with van der Waals surface area (Å²) in [7, 11) is -3.54. The van der Waals surface area contributed by atoms with Gasteiger partial charge in [0.15, 0.2) is 0 Å². The normalized spacial score (nSPS) is 32.3. The monoisotopic (exact) mass is 310 g/mol. The van der Waals surface area contributed by atoms with Crippen molar-refractivity contribution in [3.63, 3.8) is 0 Å². The zero-order chi connectivity index (χ0) is 15.0. The number of nitrogens with one attached hydrogen (secondary N) is 1. The van der Waals surface area contributed by atoms with Gasteiger partial charge in [0, 0.05) is 18.6 Å². The molecule has 5 nitrogen and oxygen atoms in total. The molecular weight excluding hydrogens is 288 g/mol. The molecule has 1 heterocycles. The van der Waals surface area contributed by atoms with E-state index in [2.05, 4.69) is 4.72 Å². The fraction of sp³-hybridized carbons (Fsp3) is 0.600. The summed E-state index contributed by atoms with van der Waals surface area (Å²) < 4.78 is 33.3. The van der Waals surface area contributed by atoms with Gasteiger partial charge in [-0.05, 0) is 37.0 Å². The lowest BCUT2D eigenvalue weighted by molar-refractivity contribution is -0.114. The second-order valence-electron chi connectivity index (χ2n) is 5.86. The molecule has 1 aliphatic heterocycles. The molecule has 3 N–H and O–H groups in total. The van der Waals surface area contributed by atoms with Gasteiger partial charge in [-0.25, -0.2) is 13.1 Å². The van der Waals surface area contributed by atoms with E-state index in [0.29, 0.717) is 6.61 Å². The molecule has 4 atom stereocenters. The van der Waals surface area contributed by atoms with Crippen LogP contribution in [-0.4, -0.2) is 33.2 Å². The van der Waals surface area contributed by atoms with Gasteiger partial charge in [-0.1, -0.05) is 19.1 Å². The average molecular weight is 310 g/mol. The Labute approximate surface area is 125 Å². The predicted octanol–water partition coefficient (Wildman–Crippen LogP) is 1.03. The first kappa shape index (κ1) is 15.0. The van der Waals surface area contributed by atoms with E-state index in [-0.39, 0.29) is 29.0 Å². The van der Waals surface area contributed by atoms with Crippen LogP contribution in [0.1, 0.15) is 25.3 Å². The summed E-state index contributed by atoms with van der Waals surface area (Å²) in [6.45, 7) is 2.73. The first-order valence-corrected chi connectivity index (χ1v) is 8.99. The number of sulfonamides is 1. The third-order valence-corrected chi connectivity index (χ3v) is 6.09. The molecule has 1 aliphatic carbocycles. The van der Waals surface area contributed by atoms with E-state index in [0.717, 1.165) is 24.8 Å². The highest BCUT2D eigenvalue weighted by atomic mass is 32.2. The Bertz CT molecular complexity index is 600. The number of hydrogen-bond donors (Lipinski definition) is 2. The smallest absolute Gasteiger partial charge is 0.240 e. The number of rotatable bonds is 4. The fourth-order valence-electron chi connectivity index (χ4n) is 3.24. The van der Waals surface area contributed by atoms with E-state index >= 15 is 0 Å². The number of fused-ring (bicyclic) bond motifs is 1. The van der Waals surface area contributed by atoms with Gasteiger partial charge < -0.3 is 10.5 Å². The average Bonchev–Trinajstić information content (AvgIpc) is 2.52. The van der Waals surface area contributed by atoms with Crippen molar-refractivity contribution in [1.29, 1.82) is 0 Å². The molecule has 1 aromatic carbocycles. The zero-order valence-electron chi connectivity index (χ0n) is 12.2. The van der Waals surface area contributed by atoms with Crippen molar-refractivity contribution < 1.29 is 13.2 Å². The van der Waals surface area contributed by atoms with Gasteiger partial charge in [0.1, 0.15) is 0 Å². The van der Waals surface area contributed by atoms with E-state index in [1.807, 2.05) is 19.1 Å². The van der Waals surface area contributed by atoms with Crippen molar-refractivity contribution in [2.45, 2.75) is 49.3 Å². The Kier molecular flexibility index (Phi) is 4.05. The van der Waals surface area contributed by atoms with Crippen LogP contribution in [0.15, 0.2) is 29.2 Å². The first-order valence-electron chi connectivity index (χ1n) is 7.51. The highest BCUT2D eigenvalue weighted by Gasteiger charge is 2.51. The molecule has 1 aromatic rings. The molecule has 0 amide bonds. The second-order valence-corrected chi connectivity index (χ2v) is 7.58. The van der Waals surface area contributed by atoms with Crippen LogP contribution in [0.3, 0.4) is 0 Å². The Morgan fingerprint density at radius 3 is 2.71 bits per heavy atom. The minimum atomic E-state index is -3.54. The molecule has 2 fully saturated rings. The van der Waals surface area contributed by atoms with Gasteiger partial charge in [0.25, 0.3) is 0 Å². The summed E-state index contributed by atoms with van der Waals surface area (Å²) in [6, 6.07) is 6.51.